The molecule has 0 saturated carbocycles. The van der Waals surface area contributed by atoms with Crippen molar-refractivity contribution in [1.29, 1.82) is 0 Å². The number of rotatable bonds is 5. The minimum absolute atomic E-state index is 0.00740. The summed E-state index contributed by atoms with van der Waals surface area (Å²) in [6, 6.07) is 10.3. The third kappa shape index (κ3) is 3.70. The zero-order valence-corrected chi connectivity index (χ0v) is 20.1. The molecule has 6 rings (SSSR count). The number of carbonyl (C=O) groups is 2. The molecule has 0 unspecified atom stereocenters. The number of nitrogens with zero attached hydrogens (tertiary/aromatic N) is 2. The van der Waals surface area contributed by atoms with Gasteiger partial charge in [-0.1, -0.05) is 0 Å². The summed E-state index contributed by atoms with van der Waals surface area (Å²) in [5, 5.41) is 20.2. The van der Waals surface area contributed by atoms with Crippen LogP contribution in [0.4, 0.5) is 18.9 Å². The Hall–Kier alpha value is -4.34. The third-order valence-electron chi connectivity index (χ3n) is 7.33. The average molecular weight is 523 g/mol. The van der Waals surface area contributed by atoms with Gasteiger partial charge in [0, 0.05) is 58.5 Å². The largest absolute Gasteiger partial charge is 0.481 e. The highest BCUT2D eigenvalue weighted by Crippen LogP contribution is 2.45. The van der Waals surface area contributed by atoms with E-state index in [4.69, 9.17) is 4.42 Å². The van der Waals surface area contributed by atoms with E-state index in [1.807, 2.05) is 0 Å². The van der Waals surface area contributed by atoms with Crippen molar-refractivity contribution < 1.29 is 37.4 Å². The highest BCUT2D eigenvalue weighted by Gasteiger charge is 2.33. The number of carboxylic acids is 2. The predicted octanol–water partition coefficient (Wildman–Crippen LogP) is 4.33. The molecule has 1 aliphatic carbocycles. The van der Waals surface area contributed by atoms with Crippen LogP contribution in [0, 0.1) is 17.5 Å². The van der Waals surface area contributed by atoms with Gasteiger partial charge in [0.05, 0.1) is 18.9 Å². The molecule has 0 amide bonds. The lowest BCUT2D eigenvalue weighted by Gasteiger charge is -2.33. The van der Waals surface area contributed by atoms with Crippen LogP contribution in [0.5, 0.6) is 0 Å². The van der Waals surface area contributed by atoms with Crippen LogP contribution in [-0.4, -0.2) is 48.3 Å². The van der Waals surface area contributed by atoms with Crippen molar-refractivity contribution in [3.05, 3.63) is 70.3 Å². The normalized spacial score (nSPS) is 15.0. The van der Waals surface area contributed by atoms with Crippen molar-refractivity contribution in [2.45, 2.75) is 19.3 Å². The molecule has 2 fully saturated rings. The van der Waals surface area contributed by atoms with Crippen LogP contribution in [0.2, 0.25) is 0 Å². The molecule has 194 valence electrons. The van der Waals surface area contributed by atoms with Gasteiger partial charge in [-0.25, -0.2) is 22.5 Å². The molecule has 38 heavy (non-hydrogen) atoms. The Balaban J connectivity index is 1.75. The summed E-state index contributed by atoms with van der Waals surface area (Å²) in [5.41, 5.74) is -1.54. The maximum Gasteiger partial charge on any atom is 0.339 e. The Kier molecular flexibility index (Phi) is 5.62. The van der Waals surface area contributed by atoms with Crippen LogP contribution < -0.4 is 14.8 Å². The van der Waals surface area contributed by atoms with Gasteiger partial charge in [-0.2, -0.15) is 0 Å². The molecule has 0 atom stereocenters. The molecule has 2 aromatic carbocycles. The van der Waals surface area contributed by atoms with E-state index >= 15 is 8.78 Å². The monoisotopic (exact) mass is 523 g/mol. The molecule has 0 radical (unpaired) electrons. The van der Waals surface area contributed by atoms with E-state index in [2.05, 4.69) is 9.48 Å². The number of benzene rings is 3. The summed E-state index contributed by atoms with van der Waals surface area (Å²) < 4.78 is 54.3. The van der Waals surface area contributed by atoms with E-state index in [1.165, 1.54) is 0 Å². The van der Waals surface area contributed by atoms with Crippen molar-refractivity contribution in [3.63, 3.8) is 0 Å². The first kappa shape index (κ1) is 24.0. The van der Waals surface area contributed by atoms with Crippen LogP contribution in [0.1, 0.15) is 28.8 Å². The molecular weight excluding hydrogens is 501 g/mol. The van der Waals surface area contributed by atoms with Crippen molar-refractivity contribution in [2.75, 3.05) is 31.1 Å². The first-order valence-corrected chi connectivity index (χ1v) is 12.2. The molecule has 3 aliphatic heterocycles. The lowest BCUT2D eigenvalue weighted by Crippen LogP contribution is -2.40. The van der Waals surface area contributed by atoms with E-state index in [9.17, 15) is 24.2 Å². The highest BCUT2D eigenvalue weighted by atomic mass is 19.2. The first-order valence-electron chi connectivity index (χ1n) is 12.2. The fourth-order valence-electron chi connectivity index (χ4n) is 5.13. The smallest absolute Gasteiger partial charge is 0.339 e. The highest BCUT2D eigenvalue weighted by molar-refractivity contribution is 6.08. The second-order valence-electron chi connectivity index (χ2n) is 9.57. The summed E-state index contributed by atoms with van der Waals surface area (Å²) in [5.74, 6) is -8.25. The number of hydrogen-bond donors (Lipinski definition) is 2. The molecular formula is C28H22F3N2O5+. The lowest BCUT2D eigenvalue weighted by molar-refractivity contribution is -0.136. The number of aromatic carboxylic acids is 1. The quantitative estimate of drug-likeness (QED) is 0.230. The Morgan fingerprint density at radius 2 is 1.68 bits per heavy atom. The Morgan fingerprint density at radius 3 is 2.29 bits per heavy atom. The number of anilines is 1. The average Bonchev–Trinajstić information content (AvgIpc) is 2.80. The van der Waals surface area contributed by atoms with Gasteiger partial charge < -0.3 is 19.5 Å². The second-order valence-corrected chi connectivity index (χ2v) is 9.57. The van der Waals surface area contributed by atoms with Gasteiger partial charge in [-0.3, -0.25) is 4.79 Å². The summed E-state index contributed by atoms with van der Waals surface area (Å²) >= 11 is 0. The van der Waals surface area contributed by atoms with E-state index < -0.39 is 52.5 Å². The molecule has 4 aliphatic rings. The van der Waals surface area contributed by atoms with E-state index in [0.717, 1.165) is 50.1 Å². The van der Waals surface area contributed by atoms with Crippen molar-refractivity contribution >= 4 is 28.6 Å². The van der Waals surface area contributed by atoms with Gasteiger partial charge in [-0.05, 0) is 24.6 Å². The molecule has 0 spiro atoms. The Morgan fingerprint density at radius 1 is 0.921 bits per heavy atom. The summed E-state index contributed by atoms with van der Waals surface area (Å²) in [7, 11) is 0. The van der Waals surface area contributed by atoms with Gasteiger partial charge in [0.15, 0.2) is 11.6 Å². The van der Waals surface area contributed by atoms with Gasteiger partial charge in [-0.15, -0.1) is 0 Å². The summed E-state index contributed by atoms with van der Waals surface area (Å²) in [4.78, 5) is 25.6. The molecule has 10 heteroatoms. The van der Waals surface area contributed by atoms with E-state index in [0.29, 0.717) is 11.3 Å². The number of halogens is 3. The van der Waals surface area contributed by atoms with Gasteiger partial charge >= 0.3 is 11.9 Å². The maximum atomic E-state index is 16.0. The topological polar surface area (TPSA) is 94.0 Å². The standard InChI is InChI=1S/C28H21F3N2O5/c29-25-18(13-21(34)35)26(30)27(31)24(28(36)37)23(25)22-16-5-3-14(32-7-1-8-32)11-19(16)38-20-12-15(4-6-17(20)22)33-9-2-10-33/h3-6,11-12H,1-2,7-10,13H2,(H-,34,35,36,37)/p+1. The van der Waals surface area contributed by atoms with Gasteiger partial charge in [0.25, 0.3) is 0 Å². The third-order valence-corrected chi connectivity index (χ3v) is 7.33. The molecule has 3 heterocycles. The molecule has 2 saturated heterocycles. The van der Waals surface area contributed by atoms with Crippen molar-refractivity contribution in [1.82, 2.24) is 4.58 Å². The number of fused-ring (bicyclic) bond motifs is 2. The minimum atomic E-state index is -1.88. The molecule has 0 bridgehead atoms. The zero-order chi connectivity index (χ0) is 26.7. The summed E-state index contributed by atoms with van der Waals surface area (Å²) in [6.07, 6.45) is 0.907. The summed E-state index contributed by atoms with van der Waals surface area (Å²) in [6.45, 7) is 3.41. The fourth-order valence-corrected chi connectivity index (χ4v) is 5.13. The Bertz CT molecular complexity index is 1700. The van der Waals surface area contributed by atoms with Crippen LogP contribution in [0.25, 0.3) is 33.4 Å². The molecule has 0 aromatic heterocycles. The number of carboxylic acid groups (broad SMARTS) is 2. The SMILES string of the molecule is O=C(O)Cc1c(F)c(F)c(C(=O)O)c(-c2c3ccc(=[N+]4CCC4)cc-3oc3cc(N4CCC4)ccc23)c1F. The van der Waals surface area contributed by atoms with Gasteiger partial charge in [0.1, 0.15) is 35.8 Å². The van der Waals surface area contributed by atoms with E-state index in [1.54, 1.807) is 36.4 Å². The van der Waals surface area contributed by atoms with Gasteiger partial charge in [0.2, 0.25) is 5.36 Å². The van der Waals surface area contributed by atoms with Crippen LogP contribution >= 0.6 is 0 Å². The van der Waals surface area contributed by atoms with Crippen LogP contribution in [-0.2, 0) is 11.2 Å². The predicted molar refractivity (Wildman–Crippen MR) is 133 cm³/mol. The minimum Gasteiger partial charge on any atom is -0.481 e. The maximum absolute atomic E-state index is 16.0. The molecule has 7 nitrogen and oxygen atoms in total. The Labute approximate surface area is 214 Å². The van der Waals surface area contributed by atoms with E-state index in [-0.39, 0.29) is 16.5 Å². The lowest BCUT2D eigenvalue weighted by atomic mass is 9.88. The zero-order valence-electron chi connectivity index (χ0n) is 20.1. The van der Waals surface area contributed by atoms with Crippen LogP contribution in [0.15, 0.2) is 40.8 Å². The molecule has 2 aromatic rings. The van der Waals surface area contributed by atoms with Crippen molar-refractivity contribution in [2.24, 2.45) is 0 Å². The molecule has 2 N–H and O–H groups in total. The second kappa shape index (κ2) is 8.90. The fraction of sp³-hybridized carbons (Fsp3) is 0.250. The van der Waals surface area contributed by atoms with Crippen LogP contribution in [0.3, 0.4) is 0 Å². The number of aliphatic carboxylic acids is 1. The van der Waals surface area contributed by atoms with Crippen molar-refractivity contribution in [3.8, 4) is 22.5 Å². The first-order chi connectivity index (χ1) is 18.2. The number of hydrogen-bond acceptors (Lipinski definition) is 4.